The Balaban J connectivity index is 1.98. The molecule has 16 heavy (non-hydrogen) atoms. The van der Waals surface area contributed by atoms with E-state index in [-0.39, 0.29) is 0 Å². The highest BCUT2D eigenvalue weighted by Gasteiger charge is 2.28. The minimum absolute atomic E-state index is 0.422. The number of nitrogens with one attached hydrogen (secondary N) is 1. The number of hydrogen-bond donors (Lipinski definition) is 1. The van der Waals surface area contributed by atoms with Crippen LogP contribution in [0.2, 0.25) is 5.15 Å². The molecule has 0 amide bonds. The predicted molar refractivity (Wildman–Crippen MR) is 66.8 cm³/mol. The summed E-state index contributed by atoms with van der Waals surface area (Å²) in [6, 6.07) is 1.78. The van der Waals surface area contributed by atoms with Gasteiger partial charge in [-0.25, -0.2) is 9.97 Å². The minimum atomic E-state index is 0.422. The fourth-order valence-electron chi connectivity index (χ4n) is 2.33. The molecule has 1 aliphatic carbocycles. The highest BCUT2D eigenvalue weighted by Crippen LogP contribution is 2.37. The van der Waals surface area contributed by atoms with Crippen molar-refractivity contribution in [2.24, 2.45) is 5.41 Å². The first-order valence-electron chi connectivity index (χ1n) is 5.82. The standard InChI is InChI=1S/C12H18ClN3/c1-9-15-10(13)7-11(16-9)14-8-12(2)5-3-4-6-12/h7H,3-6,8H2,1-2H3,(H,14,15,16). The van der Waals surface area contributed by atoms with Crippen LogP contribution in [0.3, 0.4) is 0 Å². The zero-order chi connectivity index (χ0) is 11.6. The van der Waals surface area contributed by atoms with Gasteiger partial charge in [0.05, 0.1) is 0 Å². The average molecular weight is 240 g/mol. The van der Waals surface area contributed by atoms with Crippen molar-refractivity contribution < 1.29 is 0 Å². The monoisotopic (exact) mass is 239 g/mol. The fraction of sp³-hybridized carbons (Fsp3) is 0.667. The molecule has 0 aliphatic heterocycles. The van der Waals surface area contributed by atoms with Crippen LogP contribution >= 0.6 is 11.6 Å². The van der Waals surface area contributed by atoms with E-state index < -0.39 is 0 Å². The predicted octanol–water partition coefficient (Wildman–Crippen LogP) is 3.43. The van der Waals surface area contributed by atoms with Crippen LogP contribution in [0.25, 0.3) is 0 Å². The van der Waals surface area contributed by atoms with Crippen molar-refractivity contribution in [1.82, 2.24) is 9.97 Å². The number of aromatic nitrogens is 2. The normalized spacial score (nSPS) is 18.7. The Morgan fingerprint density at radius 3 is 2.69 bits per heavy atom. The van der Waals surface area contributed by atoms with Gasteiger partial charge in [0, 0.05) is 12.6 Å². The third-order valence-electron chi connectivity index (χ3n) is 3.31. The third kappa shape index (κ3) is 2.85. The van der Waals surface area contributed by atoms with Crippen LogP contribution in [0, 0.1) is 12.3 Å². The summed E-state index contributed by atoms with van der Waals surface area (Å²) in [6.45, 7) is 5.16. The number of nitrogens with zero attached hydrogens (tertiary/aromatic N) is 2. The molecule has 3 nitrogen and oxygen atoms in total. The Kier molecular flexibility index (Phi) is 3.33. The Bertz CT molecular complexity index is 352. The van der Waals surface area contributed by atoms with Crippen LogP contribution in [0.15, 0.2) is 6.07 Å². The lowest BCUT2D eigenvalue weighted by Gasteiger charge is -2.24. The van der Waals surface area contributed by atoms with Crippen molar-refractivity contribution in [3.8, 4) is 0 Å². The van der Waals surface area contributed by atoms with Crippen molar-refractivity contribution in [2.45, 2.75) is 39.5 Å². The molecule has 1 N–H and O–H groups in total. The van der Waals surface area contributed by atoms with Gasteiger partial charge >= 0.3 is 0 Å². The van der Waals surface area contributed by atoms with E-state index in [9.17, 15) is 0 Å². The lowest BCUT2D eigenvalue weighted by Crippen LogP contribution is -2.23. The average Bonchev–Trinajstić information content (AvgIpc) is 2.62. The lowest BCUT2D eigenvalue weighted by atomic mass is 9.89. The molecule has 4 heteroatoms. The number of halogens is 1. The molecule has 1 saturated carbocycles. The van der Waals surface area contributed by atoms with Gasteiger partial charge in [-0.05, 0) is 25.2 Å². The Labute approximate surface area is 102 Å². The van der Waals surface area contributed by atoms with Gasteiger partial charge in [-0.3, -0.25) is 0 Å². The highest BCUT2D eigenvalue weighted by molar-refractivity contribution is 6.29. The second-order valence-electron chi connectivity index (χ2n) is 4.99. The van der Waals surface area contributed by atoms with Gasteiger partial charge in [0.2, 0.25) is 0 Å². The van der Waals surface area contributed by atoms with E-state index in [1.165, 1.54) is 25.7 Å². The molecular weight excluding hydrogens is 222 g/mol. The van der Waals surface area contributed by atoms with Crippen molar-refractivity contribution in [2.75, 3.05) is 11.9 Å². The topological polar surface area (TPSA) is 37.8 Å². The summed E-state index contributed by atoms with van der Waals surface area (Å²) in [5.41, 5.74) is 0.422. The smallest absolute Gasteiger partial charge is 0.134 e. The number of aryl methyl sites for hydroxylation is 1. The lowest BCUT2D eigenvalue weighted by molar-refractivity contribution is 0.361. The van der Waals surface area contributed by atoms with E-state index in [1.54, 1.807) is 6.07 Å². The summed E-state index contributed by atoms with van der Waals surface area (Å²) in [5, 5.41) is 3.88. The third-order valence-corrected chi connectivity index (χ3v) is 3.51. The number of anilines is 1. The molecule has 0 spiro atoms. The summed E-state index contributed by atoms with van der Waals surface area (Å²) >= 11 is 5.89. The zero-order valence-electron chi connectivity index (χ0n) is 9.89. The molecule has 0 unspecified atom stereocenters. The zero-order valence-corrected chi connectivity index (χ0v) is 10.6. The number of rotatable bonds is 3. The Morgan fingerprint density at radius 1 is 1.38 bits per heavy atom. The Morgan fingerprint density at radius 2 is 2.06 bits per heavy atom. The summed E-state index contributed by atoms with van der Waals surface area (Å²) in [4.78, 5) is 8.37. The molecule has 0 radical (unpaired) electrons. The molecule has 1 fully saturated rings. The first kappa shape index (κ1) is 11.6. The van der Waals surface area contributed by atoms with Gasteiger partial charge in [0.15, 0.2) is 0 Å². The van der Waals surface area contributed by atoms with E-state index in [1.807, 2.05) is 6.92 Å². The molecule has 88 valence electrons. The summed E-state index contributed by atoms with van der Waals surface area (Å²) in [7, 11) is 0. The Hall–Kier alpha value is -0.830. The van der Waals surface area contributed by atoms with Gasteiger partial charge in [-0.1, -0.05) is 31.4 Å². The van der Waals surface area contributed by atoms with Crippen molar-refractivity contribution >= 4 is 17.4 Å². The largest absolute Gasteiger partial charge is 0.369 e. The van der Waals surface area contributed by atoms with Gasteiger partial charge in [-0.2, -0.15) is 0 Å². The van der Waals surface area contributed by atoms with E-state index in [0.29, 0.717) is 16.4 Å². The molecular formula is C12H18ClN3. The van der Waals surface area contributed by atoms with E-state index in [0.717, 1.165) is 12.4 Å². The van der Waals surface area contributed by atoms with Crippen LogP contribution in [-0.2, 0) is 0 Å². The molecule has 1 aliphatic rings. The first-order valence-corrected chi connectivity index (χ1v) is 6.20. The second-order valence-corrected chi connectivity index (χ2v) is 5.38. The summed E-state index contributed by atoms with van der Waals surface area (Å²) in [5.74, 6) is 1.55. The van der Waals surface area contributed by atoms with Crippen molar-refractivity contribution in [1.29, 1.82) is 0 Å². The van der Waals surface area contributed by atoms with Crippen LogP contribution in [0.4, 0.5) is 5.82 Å². The van der Waals surface area contributed by atoms with Crippen molar-refractivity contribution in [3.63, 3.8) is 0 Å². The SMILES string of the molecule is Cc1nc(Cl)cc(NCC2(C)CCCC2)n1. The van der Waals surface area contributed by atoms with Crippen LogP contribution in [0.5, 0.6) is 0 Å². The molecule has 0 aromatic carbocycles. The molecule has 1 heterocycles. The number of hydrogen-bond acceptors (Lipinski definition) is 3. The van der Waals surface area contributed by atoms with Crippen molar-refractivity contribution in [3.05, 3.63) is 17.0 Å². The maximum atomic E-state index is 5.89. The molecule has 1 aromatic rings. The van der Waals surface area contributed by atoms with Crippen LogP contribution in [0.1, 0.15) is 38.4 Å². The second kappa shape index (κ2) is 4.58. The quantitative estimate of drug-likeness (QED) is 0.822. The summed E-state index contributed by atoms with van der Waals surface area (Å²) in [6.07, 6.45) is 5.30. The van der Waals surface area contributed by atoms with Crippen LogP contribution < -0.4 is 5.32 Å². The van der Waals surface area contributed by atoms with E-state index >= 15 is 0 Å². The van der Waals surface area contributed by atoms with Gasteiger partial charge in [0.1, 0.15) is 16.8 Å². The van der Waals surface area contributed by atoms with E-state index in [4.69, 9.17) is 11.6 Å². The van der Waals surface area contributed by atoms with Gasteiger partial charge in [-0.15, -0.1) is 0 Å². The highest BCUT2D eigenvalue weighted by atomic mass is 35.5. The molecule has 0 atom stereocenters. The maximum Gasteiger partial charge on any atom is 0.134 e. The maximum absolute atomic E-state index is 5.89. The van der Waals surface area contributed by atoms with Crippen LogP contribution in [-0.4, -0.2) is 16.5 Å². The molecule has 2 rings (SSSR count). The molecule has 1 aromatic heterocycles. The summed E-state index contributed by atoms with van der Waals surface area (Å²) < 4.78 is 0. The fourth-order valence-corrected chi connectivity index (χ4v) is 2.56. The molecule has 0 bridgehead atoms. The van der Waals surface area contributed by atoms with Gasteiger partial charge in [0.25, 0.3) is 0 Å². The first-order chi connectivity index (χ1) is 7.57. The minimum Gasteiger partial charge on any atom is -0.369 e. The van der Waals surface area contributed by atoms with E-state index in [2.05, 4.69) is 22.2 Å². The molecule has 0 saturated heterocycles. The van der Waals surface area contributed by atoms with Gasteiger partial charge < -0.3 is 5.32 Å².